The van der Waals surface area contributed by atoms with Gasteiger partial charge in [0, 0.05) is 0 Å². The van der Waals surface area contributed by atoms with E-state index in [4.69, 9.17) is 6.42 Å². The lowest BCUT2D eigenvalue weighted by Crippen LogP contribution is -2.22. The Morgan fingerprint density at radius 2 is 2.60 bits per heavy atom. The van der Waals surface area contributed by atoms with Crippen LogP contribution in [0.1, 0.15) is 6.42 Å². The van der Waals surface area contributed by atoms with Crippen LogP contribution in [0.25, 0.3) is 0 Å². The fraction of sp³-hybridized carbons (Fsp3) is 0.750. The summed E-state index contributed by atoms with van der Waals surface area (Å²) in [6.07, 6.45) is 6.46. The van der Waals surface area contributed by atoms with E-state index in [1.165, 1.54) is 17.9 Å². The first-order valence-electron chi connectivity index (χ1n) is 3.65. The number of hydrogen-bond acceptors (Lipinski definition) is 2. The molecule has 0 aliphatic carbocycles. The Bertz CT molecular complexity index is 122. The second-order valence-electron chi connectivity index (χ2n) is 2.56. The van der Waals surface area contributed by atoms with Crippen LogP contribution in [0.2, 0.25) is 0 Å². The van der Waals surface area contributed by atoms with Gasteiger partial charge in [-0.2, -0.15) is 11.8 Å². The second kappa shape index (κ2) is 4.65. The Kier molecular flexibility index (Phi) is 3.71. The summed E-state index contributed by atoms with van der Waals surface area (Å²) in [5, 5.41) is 3.23. The molecule has 1 fully saturated rings. The fourth-order valence-corrected chi connectivity index (χ4v) is 2.38. The molecule has 1 heterocycles. The molecular weight excluding hydrogens is 142 g/mol. The van der Waals surface area contributed by atoms with Gasteiger partial charge in [0.1, 0.15) is 0 Å². The molecule has 1 N–H and O–H groups in total. The van der Waals surface area contributed by atoms with Gasteiger partial charge < -0.3 is 5.32 Å². The van der Waals surface area contributed by atoms with Crippen molar-refractivity contribution in [1.29, 1.82) is 0 Å². The van der Waals surface area contributed by atoms with E-state index in [1.54, 1.807) is 0 Å². The van der Waals surface area contributed by atoms with E-state index in [1.807, 2.05) is 11.8 Å². The van der Waals surface area contributed by atoms with Gasteiger partial charge in [0.2, 0.25) is 0 Å². The van der Waals surface area contributed by atoms with Crippen molar-refractivity contribution in [3.8, 4) is 12.3 Å². The number of thioether (sulfide) groups is 1. The highest BCUT2D eigenvalue weighted by Crippen LogP contribution is 2.22. The Hall–Kier alpha value is -0.130. The molecule has 1 nitrogen and oxygen atoms in total. The van der Waals surface area contributed by atoms with E-state index in [-0.39, 0.29) is 0 Å². The number of hydrogen-bond donors (Lipinski definition) is 1. The predicted octanol–water partition coefficient (Wildman–Crippen LogP) is 0.962. The molecule has 1 unspecified atom stereocenters. The number of rotatable bonds is 3. The molecule has 1 aliphatic rings. The molecule has 0 saturated carbocycles. The van der Waals surface area contributed by atoms with Crippen LogP contribution in [0.5, 0.6) is 0 Å². The highest BCUT2D eigenvalue weighted by molar-refractivity contribution is 7.99. The van der Waals surface area contributed by atoms with Gasteiger partial charge in [-0.1, -0.05) is 5.92 Å². The molecule has 0 aromatic carbocycles. The van der Waals surface area contributed by atoms with Crippen molar-refractivity contribution >= 4 is 11.8 Å². The summed E-state index contributed by atoms with van der Waals surface area (Å²) in [7, 11) is 0. The molecule has 0 bridgehead atoms. The maximum Gasteiger partial charge on any atom is 0.0573 e. The third kappa shape index (κ3) is 2.64. The molecule has 1 atom stereocenters. The van der Waals surface area contributed by atoms with Crippen molar-refractivity contribution in [1.82, 2.24) is 5.32 Å². The normalized spacial score (nSPS) is 24.5. The average Bonchev–Trinajstić information content (AvgIpc) is 2.41. The van der Waals surface area contributed by atoms with Crippen LogP contribution in [-0.2, 0) is 0 Å². The Labute approximate surface area is 67.0 Å². The first kappa shape index (κ1) is 7.97. The highest BCUT2D eigenvalue weighted by atomic mass is 32.2. The minimum Gasteiger partial charge on any atom is -0.306 e. The number of nitrogens with one attached hydrogen (secondary N) is 1. The maximum atomic E-state index is 5.10. The van der Waals surface area contributed by atoms with E-state index in [2.05, 4.69) is 11.2 Å². The summed E-state index contributed by atoms with van der Waals surface area (Å²) < 4.78 is 0. The molecule has 0 aromatic rings. The molecular formula is C8H13NS. The summed E-state index contributed by atoms with van der Waals surface area (Å²) >= 11 is 2.05. The van der Waals surface area contributed by atoms with Crippen LogP contribution in [0.3, 0.4) is 0 Å². The second-order valence-corrected chi connectivity index (χ2v) is 3.71. The number of terminal acetylenes is 1. The van der Waals surface area contributed by atoms with Crippen LogP contribution in [0, 0.1) is 18.3 Å². The van der Waals surface area contributed by atoms with Crippen molar-refractivity contribution in [3.63, 3.8) is 0 Å². The lowest BCUT2D eigenvalue weighted by molar-refractivity contribution is 0.545. The van der Waals surface area contributed by atoms with Crippen LogP contribution in [-0.4, -0.2) is 24.6 Å². The van der Waals surface area contributed by atoms with Crippen molar-refractivity contribution in [3.05, 3.63) is 0 Å². The van der Waals surface area contributed by atoms with Crippen LogP contribution < -0.4 is 5.32 Å². The van der Waals surface area contributed by atoms with E-state index >= 15 is 0 Å². The molecule has 1 saturated heterocycles. The quantitative estimate of drug-likeness (QED) is 0.481. The Morgan fingerprint density at radius 3 is 3.20 bits per heavy atom. The highest BCUT2D eigenvalue weighted by Gasteiger charge is 2.13. The summed E-state index contributed by atoms with van der Waals surface area (Å²) in [6.45, 7) is 1.83. The van der Waals surface area contributed by atoms with Crippen molar-refractivity contribution in [2.45, 2.75) is 6.42 Å². The zero-order valence-electron chi connectivity index (χ0n) is 6.10. The van der Waals surface area contributed by atoms with Gasteiger partial charge in [-0.15, -0.1) is 6.42 Å². The van der Waals surface area contributed by atoms with Crippen LogP contribution in [0.15, 0.2) is 0 Å². The van der Waals surface area contributed by atoms with E-state index in [9.17, 15) is 0 Å². The van der Waals surface area contributed by atoms with E-state index in [0.29, 0.717) is 0 Å². The lowest BCUT2D eigenvalue weighted by atomic mass is 10.1. The van der Waals surface area contributed by atoms with E-state index in [0.717, 1.165) is 19.0 Å². The largest absolute Gasteiger partial charge is 0.306 e. The summed E-state index contributed by atoms with van der Waals surface area (Å²) in [6, 6.07) is 0. The van der Waals surface area contributed by atoms with Gasteiger partial charge in [0.05, 0.1) is 6.54 Å². The molecule has 2 heteroatoms. The molecule has 1 aliphatic heterocycles. The zero-order valence-corrected chi connectivity index (χ0v) is 6.91. The summed E-state index contributed by atoms with van der Waals surface area (Å²) in [5.74, 6) is 6.10. The maximum absolute atomic E-state index is 5.10. The predicted molar refractivity (Wildman–Crippen MR) is 47.1 cm³/mol. The molecule has 0 aromatic heterocycles. The van der Waals surface area contributed by atoms with Gasteiger partial charge in [-0.25, -0.2) is 0 Å². The van der Waals surface area contributed by atoms with Gasteiger partial charge in [0.15, 0.2) is 0 Å². The topological polar surface area (TPSA) is 12.0 Å². The average molecular weight is 155 g/mol. The summed E-state index contributed by atoms with van der Waals surface area (Å²) in [5.41, 5.74) is 0. The molecule has 0 amide bonds. The lowest BCUT2D eigenvalue weighted by Gasteiger charge is -2.06. The van der Waals surface area contributed by atoms with Crippen molar-refractivity contribution in [2.75, 3.05) is 24.6 Å². The van der Waals surface area contributed by atoms with Gasteiger partial charge in [-0.05, 0) is 30.4 Å². The standard InChI is InChI=1S/C8H13NS/c1-2-4-9-6-8-3-5-10-7-8/h1,8-9H,3-7H2. The first-order chi connectivity index (χ1) is 4.93. The van der Waals surface area contributed by atoms with Gasteiger partial charge in [-0.3, -0.25) is 0 Å². The molecule has 0 spiro atoms. The SMILES string of the molecule is C#CCNCC1CCSC1. The third-order valence-electron chi connectivity index (χ3n) is 1.68. The monoisotopic (exact) mass is 155 g/mol. The molecule has 56 valence electrons. The van der Waals surface area contributed by atoms with E-state index < -0.39 is 0 Å². The minimum atomic E-state index is 0.723. The Balaban J connectivity index is 1.97. The third-order valence-corrected chi connectivity index (χ3v) is 2.92. The fourth-order valence-electron chi connectivity index (χ4n) is 1.09. The van der Waals surface area contributed by atoms with Crippen molar-refractivity contribution < 1.29 is 0 Å². The molecule has 1 rings (SSSR count). The minimum absolute atomic E-state index is 0.723. The molecule has 10 heavy (non-hydrogen) atoms. The first-order valence-corrected chi connectivity index (χ1v) is 4.81. The smallest absolute Gasteiger partial charge is 0.0573 e. The Morgan fingerprint density at radius 1 is 1.70 bits per heavy atom. The van der Waals surface area contributed by atoms with Gasteiger partial charge in [0.25, 0.3) is 0 Å². The van der Waals surface area contributed by atoms with Crippen LogP contribution in [0.4, 0.5) is 0 Å². The zero-order chi connectivity index (χ0) is 7.23. The van der Waals surface area contributed by atoms with Crippen LogP contribution >= 0.6 is 11.8 Å². The van der Waals surface area contributed by atoms with Gasteiger partial charge >= 0.3 is 0 Å². The molecule has 0 radical (unpaired) electrons. The van der Waals surface area contributed by atoms with Crippen molar-refractivity contribution in [2.24, 2.45) is 5.92 Å². The summed E-state index contributed by atoms with van der Waals surface area (Å²) in [4.78, 5) is 0.